The molecule has 9 heteroatoms. The van der Waals surface area contributed by atoms with Crippen molar-refractivity contribution < 1.29 is 35.9 Å². The average Bonchev–Trinajstić information content (AvgIpc) is 2.25. The summed E-state index contributed by atoms with van der Waals surface area (Å²) in [6.45, 7) is 0. The van der Waals surface area contributed by atoms with E-state index in [0.717, 1.165) is 7.11 Å². The predicted molar refractivity (Wildman–Crippen MR) is 45.5 cm³/mol. The van der Waals surface area contributed by atoms with Gasteiger partial charge in [0.25, 0.3) is 6.43 Å². The monoisotopic (exact) mass is 273 g/mol. The van der Waals surface area contributed by atoms with Gasteiger partial charge in [-0.05, 0) is 0 Å². The number of pyridine rings is 1. The van der Waals surface area contributed by atoms with Gasteiger partial charge in [-0.25, -0.2) is 22.9 Å². The number of carbonyl (C=O) groups excluding carboxylic acids is 1. The lowest BCUT2D eigenvalue weighted by atomic mass is 10.1. The molecule has 0 spiro atoms. The van der Waals surface area contributed by atoms with E-state index in [0.29, 0.717) is 0 Å². The summed E-state index contributed by atoms with van der Waals surface area (Å²) in [5, 5.41) is 0. The maximum Gasteiger partial charge on any atom is 0.418 e. The minimum absolute atomic E-state index is 0.0309. The normalized spacial score (nSPS) is 11.8. The molecule has 1 heterocycles. The first-order chi connectivity index (χ1) is 8.20. The lowest BCUT2D eigenvalue weighted by Crippen LogP contribution is -2.17. The first kappa shape index (κ1) is 14.3. The molecule has 0 N–H and O–H groups in total. The molecule has 1 aromatic rings. The van der Waals surface area contributed by atoms with E-state index in [1.807, 2.05) is 0 Å². The van der Waals surface area contributed by atoms with E-state index in [1.54, 1.807) is 0 Å². The third-order valence-electron chi connectivity index (χ3n) is 1.96. The summed E-state index contributed by atoms with van der Waals surface area (Å²) in [5.41, 5.74) is -5.07. The molecule has 0 unspecified atom stereocenters. The zero-order chi connectivity index (χ0) is 14.1. The third-order valence-corrected chi connectivity index (χ3v) is 1.96. The van der Waals surface area contributed by atoms with Crippen LogP contribution in [-0.4, -0.2) is 18.1 Å². The fraction of sp³-hybridized carbons (Fsp3) is 0.333. The Bertz CT molecular complexity index is 471. The van der Waals surface area contributed by atoms with Crippen molar-refractivity contribution in [1.82, 2.24) is 4.98 Å². The molecule has 0 saturated carbocycles. The molecule has 0 aliphatic heterocycles. The molecule has 3 nitrogen and oxygen atoms in total. The second-order valence-electron chi connectivity index (χ2n) is 3.04. The Hall–Kier alpha value is -1.80. The van der Waals surface area contributed by atoms with E-state index in [-0.39, 0.29) is 6.20 Å². The van der Waals surface area contributed by atoms with Crippen molar-refractivity contribution >= 4 is 5.97 Å². The first-order valence-electron chi connectivity index (χ1n) is 4.32. The Labute approximate surface area is 96.4 Å². The standard InChI is InChI=1S/C9H5F6NO2/c1-18-8(17)6-5(10)4(7(11)12)3(2-16-6)9(13,14)15/h2,7H,1H3. The highest BCUT2D eigenvalue weighted by Crippen LogP contribution is 2.37. The van der Waals surface area contributed by atoms with Crippen molar-refractivity contribution in [3.63, 3.8) is 0 Å². The third kappa shape index (κ3) is 2.54. The van der Waals surface area contributed by atoms with E-state index >= 15 is 0 Å². The van der Waals surface area contributed by atoms with Gasteiger partial charge in [-0.3, -0.25) is 0 Å². The van der Waals surface area contributed by atoms with Crippen LogP contribution in [0.4, 0.5) is 26.3 Å². The van der Waals surface area contributed by atoms with Crippen LogP contribution in [-0.2, 0) is 10.9 Å². The lowest BCUT2D eigenvalue weighted by Gasteiger charge is -2.13. The van der Waals surface area contributed by atoms with Gasteiger partial charge < -0.3 is 4.74 Å². The van der Waals surface area contributed by atoms with Gasteiger partial charge in [0.2, 0.25) is 0 Å². The number of methoxy groups -OCH3 is 1. The molecule has 0 aliphatic carbocycles. The summed E-state index contributed by atoms with van der Waals surface area (Å²) in [7, 11) is 0.809. The van der Waals surface area contributed by atoms with Crippen LogP contribution in [0.15, 0.2) is 6.20 Å². The van der Waals surface area contributed by atoms with Gasteiger partial charge in [-0.1, -0.05) is 0 Å². The Morgan fingerprint density at radius 3 is 2.33 bits per heavy atom. The van der Waals surface area contributed by atoms with Gasteiger partial charge in [-0.2, -0.15) is 13.2 Å². The largest absolute Gasteiger partial charge is 0.464 e. The zero-order valence-corrected chi connectivity index (χ0v) is 8.69. The highest BCUT2D eigenvalue weighted by atomic mass is 19.4. The molecule has 0 radical (unpaired) electrons. The Balaban J connectivity index is 3.53. The average molecular weight is 273 g/mol. The quantitative estimate of drug-likeness (QED) is 0.614. The van der Waals surface area contributed by atoms with E-state index in [1.165, 1.54) is 0 Å². The first-order valence-corrected chi connectivity index (χ1v) is 4.32. The number of carbonyl (C=O) groups is 1. The smallest absolute Gasteiger partial charge is 0.418 e. The van der Waals surface area contributed by atoms with Crippen LogP contribution in [0.1, 0.15) is 28.0 Å². The van der Waals surface area contributed by atoms with Gasteiger partial charge in [-0.15, -0.1) is 0 Å². The zero-order valence-electron chi connectivity index (χ0n) is 8.69. The highest BCUT2D eigenvalue weighted by molar-refractivity contribution is 5.87. The van der Waals surface area contributed by atoms with Crippen LogP contribution >= 0.6 is 0 Å². The predicted octanol–water partition coefficient (Wildman–Crippen LogP) is 2.96. The Kier molecular flexibility index (Phi) is 3.82. The SMILES string of the molecule is COC(=O)c1ncc(C(F)(F)F)c(C(F)F)c1F. The molecule has 18 heavy (non-hydrogen) atoms. The van der Waals surface area contributed by atoms with E-state index in [2.05, 4.69) is 9.72 Å². The number of hydrogen-bond acceptors (Lipinski definition) is 3. The molecular weight excluding hydrogens is 268 g/mol. The second kappa shape index (κ2) is 4.83. The molecule has 0 saturated heterocycles. The summed E-state index contributed by atoms with van der Waals surface area (Å²) < 4.78 is 79.4. The van der Waals surface area contributed by atoms with E-state index < -0.39 is 41.2 Å². The van der Waals surface area contributed by atoms with Gasteiger partial charge in [0.15, 0.2) is 11.5 Å². The lowest BCUT2D eigenvalue weighted by molar-refractivity contribution is -0.140. The summed E-state index contributed by atoms with van der Waals surface area (Å²) >= 11 is 0. The minimum atomic E-state index is -5.20. The van der Waals surface area contributed by atoms with Crippen LogP contribution in [0, 0.1) is 5.82 Å². The van der Waals surface area contributed by atoms with Gasteiger partial charge >= 0.3 is 12.1 Å². The van der Waals surface area contributed by atoms with Gasteiger partial charge in [0.05, 0.1) is 18.2 Å². The van der Waals surface area contributed by atoms with Crippen molar-refractivity contribution in [2.45, 2.75) is 12.6 Å². The van der Waals surface area contributed by atoms with Crippen molar-refractivity contribution in [1.29, 1.82) is 0 Å². The number of aromatic nitrogens is 1. The van der Waals surface area contributed by atoms with Crippen LogP contribution in [0.2, 0.25) is 0 Å². The van der Waals surface area contributed by atoms with E-state index in [9.17, 15) is 31.1 Å². The molecule has 0 aliphatic rings. The van der Waals surface area contributed by atoms with Crippen molar-refractivity contribution in [3.05, 3.63) is 28.8 Å². The summed E-state index contributed by atoms with van der Waals surface area (Å²) in [6.07, 6.45) is -8.97. The molecule has 0 aromatic carbocycles. The summed E-state index contributed by atoms with van der Waals surface area (Å²) in [5.74, 6) is -3.48. The maximum atomic E-state index is 13.4. The van der Waals surface area contributed by atoms with Crippen LogP contribution < -0.4 is 0 Å². The van der Waals surface area contributed by atoms with Crippen molar-refractivity contribution in [2.75, 3.05) is 7.11 Å². The number of hydrogen-bond donors (Lipinski definition) is 0. The van der Waals surface area contributed by atoms with Crippen LogP contribution in [0.3, 0.4) is 0 Å². The van der Waals surface area contributed by atoms with Crippen LogP contribution in [0.25, 0.3) is 0 Å². The van der Waals surface area contributed by atoms with Crippen LogP contribution in [0.5, 0.6) is 0 Å². The van der Waals surface area contributed by atoms with E-state index in [4.69, 9.17) is 0 Å². The number of esters is 1. The highest BCUT2D eigenvalue weighted by Gasteiger charge is 2.39. The number of halogens is 6. The Morgan fingerprint density at radius 1 is 1.39 bits per heavy atom. The number of rotatable bonds is 2. The summed E-state index contributed by atoms with van der Waals surface area (Å²) in [4.78, 5) is 13.8. The fourth-order valence-electron chi connectivity index (χ4n) is 1.18. The number of ether oxygens (including phenoxy) is 1. The Morgan fingerprint density at radius 2 is 1.94 bits per heavy atom. The van der Waals surface area contributed by atoms with Gasteiger partial charge in [0.1, 0.15) is 0 Å². The van der Waals surface area contributed by atoms with Gasteiger partial charge in [0, 0.05) is 6.20 Å². The second-order valence-corrected chi connectivity index (χ2v) is 3.04. The number of alkyl halides is 5. The molecule has 0 fully saturated rings. The maximum absolute atomic E-state index is 13.4. The molecule has 1 aromatic heterocycles. The molecular formula is C9H5F6NO2. The minimum Gasteiger partial charge on any atom is -0.464 e. The molecule has 0 amide bonds. The number of nitrogens with zero attached hydrogens (tertiary/aromatic N) is 1. The van der Waals surface area contributed by atoms with Crippen molar-refractivity contribution in [2.24, 2.45) is 0 Å². The fourth-order valence-corrected chi connectivity index (χ4v) is 1.18. The molecule has 0 bridgehead atoms. The topological polar surface area (TPSA) is 39.2 Å². The molecule has 1 rings (SSSR count). The molecule has 0 atom stereocenters. The van der Waals surface area contributed by atoms with Crippen molar-refractivity contribution in [3.8, 4) is 0 Å². The molecule has 100 valence electrons. The summed E-state index contributed by atoms with van der Waals surface area (Å²) in [6, 6.07) is 0.